The van der Waals surface area contributed by atoms with Gasteiger partial charge in [0.15, 0.2) is 0 Å². The summed E-state index contributed by atoms with van der Waals surface area (Å²) in [5.74, 6) is 0.560. The van der Waals surface area contributed by atoms with Gasteiger partial charge in [-0.2, -0.15) is 0 Å². The highest BCUT2D eigenvalue weighted by molar-refractivity contribution is 5.81. The Hall–Kier alpha value is -3.73. The molecule has 0 radical (unpaired) electrons. The molecule has 2 aromatic heterocycles. The molecule has 0 atom stereocenters. The lowest BCUT2D eigenvalue weighted by Gasteiger charge is -2.26. The lowest BCUT2D eigenvalue weighted by atomic mass is 9.86. The van der Waals surface area contributed by atoms with E-state index in [4.69, 9.17) is 4.98 Å². The smallest absolute Gasteiger partial charge is 0.263 e. The normalized spacial score (nSPS) is 11.4. The fourth-order valence-electron chi connectivity index (χ4n) is 4.07. The topological polar surface area (TPSA) is 59.8 Å². The molecular weight excluding hydrogens is 408 g/mol. The SMILES string of the molecule is Cc1cccc(-c2c(-c3ccncc3)nc(NCC(C)(C)Cc3ccccc3)n(C)c2=O)c1. The summed E-state index contributed by atoms with van der Waals surface area (Å²) >= 11 is 0. The van der Waals surface area contributed by atoms with E-state index in [9.17, 15) is 4.79 Å². The second-order valence-electron chi connectivity index (χ2n) is 9.31. The van der Waals surface area contributed by atoms with Gasteiger partial charge < -0.3 is 5.32 Å². The molecule has 0 saturated carbocycles. The monoisotopic (exact) mass is 438 g/mol. The predicted molar refractivity (Wildman–Crippen MR) is 135 cm³/mol. The van der Waals surface area contributed by atoms with Crippen LogP contribution in [0.5, 0.6) is 0 Å². The number of rotatable bonds is 7. The molecular formula is C28H30N4O. The second kappa shape index (κ2) is 9.41. The number of pyridine rings is 1. The van der Waals surface area contributed by atoms with Crippen LogP contribution >= 0.6 is 0 Å². The maximum Gasteiger partial charge on any atom is 0.263 e. The zero-order chi connectivity index (χ0) is 23.4. The summed E-state index contributed by atoms with van der Waals surface area (Å²) in [5.41, 5.74) is 5.28. The fourth-order valence-corrected chi connectivity index (χ4v) is 4.07. The highest BCUT2D eigenvalue weighted by Crippen LogP contribution is 2.30. The number of anilines is 1. The molecule has 0 fully saturated rings. The average Bonchev–Trinajstić information content (AvgIpc) is 2.81. The van der Waals surface area contributed by atoms with Gasteiger partial charge in [-0.05, 0) is 42.0 Å². The molecule has 33 heavy (non-hydrogen) atoms. The largest absolute Gasteiger partial charge is 0.355 e. The summed E-state index contributed by atoms with van der Waals surface area (Å²) in [6.45, 7) is 7.14. The van der Waals surface area contributed by atoms with Crippen LogP contribution in [0.1, 0.15) is 25.0 Å². The molecule has 168 valence electrons. The molecule has 1 N–H and O–H groups in total. The molecule has 0 aliphatic heterocycles. The van der Waals surface area contributed by atoms with Gasteiger partial charge in [-0.1, -0.05) is 74.0 Å². The Morgan fingerprint density at radius 2 is 1.67 bits per heavy atom. The van der Waals surface area contributed by atoms with E-state index in [1.54, 1.807) is 24.0 Å². The molecule has 2 heterocycles. The highest BCUT2D eigenvalue weighted by atomic mass is 16.1. The van der Waals surface area contributed by atoms with Gasteiger partial charge in [0.05, 0.1) is 11.3 Å². The van der Waals surface area contributed by atoms with Crippen molar-refractivity contribution in [3.05, 3.63) is 101 Å². The quantitative estimate of drug-likeness (QED) is 0.414. The van der Waals surface area contributed by atoms with Gasteiger partial charge in [0.25, 0.3) is 5.56 Å². The van der Waals surface area contributed by atoms with Gasteiger partial charge in [0.2, 0.25) is 5.95 Å². The minimum absolute atomic E-state index is 0.0227. The zero-order valence-corrected chi connectivity index (χ0v) is 19.7. The number of hydrogen-bond acceptors (Lipinski definition) is 4. The maximum absolute atomic E-state index is 13.6. The molecule has 0 saturated heterocycles. The summed E-state index contributed by atoms with van der Waals surface area (Å²) < 4.78 is 1.61. The van der Waals surface area contributed by atoms with Gasteiger partial charge >= 0.3 is 0 Å². The van der Waals surface area contributed by atoms with E-state index in [-0.39, 0.29) is 11.0 Å². The van der Waals surface area contributed by atoms with Crippen molar-refractivity contribution >= 4 is 5.95 Å². The second-order valence-corrected chi connectivity index (χ2v) is 9.31. The molecule has 0 aliphatic rings. The van der Waals surface area contributed by atoms with E-state index in [1.807, 2.05) is 49.4 Å². The van der Waals surface area contributed by atoms with Crippen LogP contribution in [0.4, 0.5) is 5.95 Å². The van der Waals surface area contributed by atoms with Crippen LogP contribution in [-0.2, 0) is 13.5 Å². The van der Waals surface area contributed by atoms with Crippen molar-refractivity contribution in [1.29, 1.82) is 0 Å². The Morgan fingerprint density at radius 1 is 0.939 bits per heavy atom. The van der Waals surface area contributed by atoms with Gasteiger partial charge in [-0.3, -0.25) is 14.3 Å². The number of nitrogens with zero attached hydrogens (tertiary/aromatic N) is 3. The van der Waals surface area contributed by atoms with Crippen LogP contribution in [-0.4, -0.2) is 21.1 Å². The van der Waals surface area contributed by atoms with Crippen molar-refractivity contribution in [1.82, 2.24) is 14.5 Å². The molecule has 2 aromatic carbocycles. The summed E-state index contributed by atoms with van der Waals surface area (Å²) in [7, 11) is 1.78. The van der Waals surface area contributed by atoms with Crippen LogP contribution in [0.2, 0.25) is 0 Å². The molecule has 0 spiro atoms. The van der Waals surface area contributed by atoms with Gasteiger partial charge in [-0.25, -0.2) is 4.98 Å². The average molecular weight is 439 g/mol. The third-order valence-electron chi connectivity index (χ3n) is 5.80. The zero-order valence-electron chi connectivity index (χ0n) is 19.7. The van der Waals surface area contributed by atoms with Crippen LogP contribution in [0.15, 0.2) is 83.9 Å². The van der Waals surface area contributed by atoms with E-state index < -0.39 is 0 Å². The Bertz CT molecular complexity index is 1290. The van der Waals surface area contributed by atoms with Crippen molar-refractivity contribution < 1.29 is 0 Å². The number of aromatic nitrogens is 3. The summed E-state index contributed by atoms with van der Waals surface area (Å²) in [4.78, 5) is 22.7. The number of nitrogens with one attached hydrogen (secondary N) is 1. The standard InChI is InChI=1S/C28H30N4O/c1-20-9-8-12-23(17-20)24-25(22-13-15-29-16-14-22)31-27(32(4)26(24)33)30-19-28(2,3)18-21-10-6-5-7-11-21/h5-17H,18-19H2,1-4H3,(H,30,31). The molecule has 0 aliphatic carbocycles. The Kier molecular flexibility index (Phi) is 6.40. The highest BCUT2D eigenvalue weighted by Gasteiger charge is 2.22. The minimum Gasteiger partial charge on any atom is -0.355 e. The maximum atomic E-state index is 13.6. The Morgan fingerprint density at radius 3 is 2.36 bits per heavy atom. The predicted octanol–water partition coefficient (Wildman–Crippen LogP) is 5.50. The molecule has 0 amide bonds. The first kappa shape index (κ1) is 22.5. The van der Waals surface area contributed by atoms with Crippen molar-refractivity contribution in [2.45, 2.75) is 27.2 Å². The molecule has 4 rings (SSSR count). The van der Waals surface area contributed by atoms with Gasteiger partial charge in [-0.15, -0.1) is 0 Å². The first-order valence-electron chi connectivity index (χ1n) is 11.2. The van der Waals surface area contributed by atoms with Crippen molar-refractivity contribution in [3.8, 4) is 22.4 Å². The number of aryl methyl sites for hydroxylation is 1. The van der Waals surface area contributed by atoms with E-state index >= 15 is 0 Å². The van der Waals surface area contributed by atoms with E-state index in [0.29, 0.717) is 23.8 Å². The van der Waals surface area contributed by atoms with E-state index in [1.165, 1.54) is 5.56 Å². The van der Waals surface area contributed by atoms with Crippen LogP contribution in [0.3, 0.4) is 0 Å². The van der Waals surface area contributed by atoms with Crippen molar-refractivity contribution in [2.75, 3.05) is 11.9 Å². The molecule has 5 heteroatoms. The first-order valence-corrected chi connectivity index (χ1v) is 11.2. The van der Waals surface area contributed by atoms with Gasteiger partial charge in [0.1, 0.15) is 0 Å². The Balaban J connectivity index is 1.73. The summed E-state index contributed by atoms with van der Waals surface area (Å²) in [6, 6.07) is 22.2. The molecule has 0 unspecified atom stereocenters. The number of hydrogen-bond donors (Lipinski definition) is 1. The lowest BCUT2D eigenvalue weighted by Crippen LogP contribution is -2.30. The van der Waals surface area contributed by atoms with Crippen LogP contribution in [0.25, 0.3) is 22.4 Å². The molecule has 4 aromatic rings. The van der Waals surface area contributed by atoms with Crippen LogP contribution < -0.4 is 10.9 Å². The molecule has 5 nitrogen and oxygen atoms in total. The van der Waals surface area contributed by atoms with Crippen molar-refractivity contribution in [3.63, 3.8) is 0 Å². The lowest BCUT2D eigenvalue weighted by molar-refractivity contribution is 0.387. The van der Waals surface area contributed by atoms with E-state index in [2.05, 4.69) is 48.4 Å². The van der Waals surface area contributed by atoms with Gasteiger partial charge in [0, 0.05) is 31.5 Å². The Labute approximate surface area is 195 Å². The molecule has 0 bridgehead atoms. The fraction of sp³-hybridized carbons (Fsp3) is 0.250. The van der Waals surface area contributed by atoms with E-state index in [0.717, 1.165) is 23.1 Å². The summed E-state index contributed by atoms with van der Waals surface area (Å²) in [5, 5.41) is 3.45. The third kappa shape index (κ3) is 5.20. The number of benzene rings is 2. The van der Waals surface area contributed by atoms with Crippen LogP contribution in [0, 0.1) is 12.3 Å². The first-order chi connectivity index (χ1) is 15.8. The minimum atomic E-state index is -0.0780. The third-order valence-corrected chi connectivity index (χ3v) is 5.80. The summed E-state index contributed by atoms with van der Waals surface area (Å²) in [6.07, 6.45) is 4.38. The van der Waals surface area contributed by atoms with Crippen molar-refractivity contribution in [2.24, 2.45) is 12.5 Å².